The lowest BCUT2D eigenvalue weighted by Gasteiger charge is -2.08. The Morgan fingerprint density at radius 2 is 2.19 bits per heavy atom. The van der Waals surface area contributed by atoms with Gasteiger partial charge in [-0.1, -0.05) is 0 Å². The summed E-state index contributed by atoms with van der Waals surface area (Å²) in [4.78, 5) is 4.52. The molecule has 0 spiro atoms. The number of aromatic nitrogens is 4. The van der Waals surface area contributed by atoms with Crippen LogP contribution in [-0.4, -0.2) is 19.3 Å². The van der Waals surface area contributed by atoms with Gasteiger partial charge in [-0.15, -0.1) is 11.6 Å². The Labute approximate surface area is 127 Å². The zero-order valence-corrected chi connectivity index (χ0v) is 12.2. The fourth-order valence-electron chi connectivity index (χ4n) is 2.42. The van der Waals surface area contributed by atoms with Gasteiger partial charge in [-0.2, -0.15) is 10.4 Å². The highest BCUT2D eigenvalue weighted by atomic mass is 35.5. The maximum absolute atomic E-state index is 9.04. The van der Waals surface area contributed by atoms with E-state index in [4.69, 9.17) is 16.9 Å². The SMILES string of the molecule is N#Cc1ccc2nc(CCl)n(CCCn3cccn3)c2c1. The van der Waals surface area contributed by atoms with Gasteiger partial charge in [0.15, 0.2) is 0 Å². The van der Waals surface area contributed by atoms with Crippen LogP contribution in [-0.2, 0) is 19.0 Å². The Morgan fingerprint density at radius 3 is 2.90 bits per heavy atom. The van der Waals surface area contributed by atoms with Crippen LogP contribution in [0.2, 0.25) is 0 Å². The standard InChI is InChI=1S/C15H14ClN5/c16-10-15-19-13-4-3-12(11-17)9-14(13)21(15)8-2-7-20-6-1-5-18-20/h1,3-6,9H,2,7-8,10H2. The number of fused-ring (bicyclic) bond motifs is 1. The van der Waals surface area contributed by atoms with E-state index in [-0.39, 0.29) is 0 Å². The van der Waals surface area contributed by atoms with Crippen molar-refractivity contribution in [1.29, 1.82) is 5.26 Å². The number of halogens is 1. The zero-order chi connectivity index (χ0) is 14.7. The van der Waals surface area contributed by atoms with E-state index in [1.807, 2.05) is 29.1 Å². The van der Waals surface area contributed by atoms with Crippen molar-refractivity contribution < 1.29 is 0 Å². The van der Waals surface area contributed by atoms with Crippen molar-refractivity contribution in [2.24, 2.45) is 0 Å². The first-order valence-corrected chi connectivity index (χ1v) is 7.28. The van der Waals surface area contributed by atoms with Gasteiger partial charge in [0.05, 0.1) is 28.5 Å². The van der Waals surface area contributed by atoms with E-state index < -0.39 is 0 Å². The van der Waals surface area contributed by atoms with Crippen LogP contribution < -0.4 is 0 Å². The number of alkyl halides is 1. The van der Waals surface area contributed by atoms with Crippen LogP contribution in [0, 0.1) is 11.3 Å². The third kappa shape index (κ3) is 2.76. The van der Waals surface area contributed by atoms with Gasteiger partial charge in [0.25, 0.3) is 0 Å². The predicted octanol–water partition coefficient (Wildman–Crippen LogP) is 2.93. The minimum Gasteiger partial charge on any atom is -0.327 e. The molecule has 0 bridgehead atoms. The normalized spacial score (nSPS) is 10.9. The molecular formula is C15H14ClN5. The molecule has 0 saturated carbocycles. The molecule has 21 heavy (non-hydrogen) atoms. The van der Waals surface area contributed by atoms with Crippen LogP contribution >= 0.6 is 11.6 Å². The molecule has 2 heterocycles. The molecule has 0 amide bonds. The van der Waals surface area contributed by atoms with Crippen molar-refractivity contribution >= 4 is 22.6 Å². The molecule has 0 unspecified atom stereocenters. The molecule has 0 saturated heterocycles. The molecule has 3 aromatic rings. The number of imidazole rings is 1. The summed E-state index contributed by atoms with van der Waals surface area (Å²) in [7, 11) is 0. The van der Waals surface area contributed by atoms with Gasteiger partial charge in [-0.05, 0) is 30.7 Å². The van der Waals surface area contributed by atoms with Crippen molar-refractivity contribution in [3.8, 4) is 6.07 Å². The molecule has 0 aliphatic rings. The second-order valence-electron chi connectivity index (χ2n) is 4.75. The van der Waals surface area contributed by atoms with Gasteiger partial charge < -0.3 is 4.57 Å². The van der Waals surface area contributed by atoms with Gasteiger partial charge in [-0.25, -0.2) is 4.98 Å². The van der Waals surface area contributed by atoms with Crippen LogP contribution in [0.15, 0.2) is 36.7 Å². The van der Waals surface area contributed by atoms with Crippen LogP contribution in [0.5, 0.6) is 0 Å². The number of hydrogen-bond acceptors (Lipinski definition) is 3. The lowest BCUT2D eigenvalue weighted by atomic mass is 10.2. The van der Waals surface area contributed by atoms with E-state index in [1.54, 1.807) is 12.3 Å². The second-order valence-corrected chi connectivity index (χ2v) is 5.02. The zero-order valence-electron chi connectivity index (χ0n) is 11.4. The first-order valence-electron chi connectivity index (χ1n) is 6.74. The summed E-state index contributed by atoms with van der Waals surface area (Å²) < 4.78 is 3.99. The van der Waals surface area contributed by atoms with Crippen LogP contribution in [0.4, 0.5) is 0 Å². The smallest absolute Gasteiger partial charge is 0.124 e. The summed E-state index contributed by atoms with van der Waals surface area (Å²) in [6.07, 6.45) is 4.64. The molecule has 106 valence electrons. The lowest BCUT2D eigenvalue weighted by Crippen LogP contribution is -2.07. The number of benzene rings is 1. The molecule has 0 radical (unpaired) electrons. The Balaban J connectivity index is 1.86. The fraction of sp³-hybridized carbons (Fsp3) is 0.267. The minimum atomic E-state index is 0.359. The van der Waals surface area contributed by atoms with Crippen molar-refractivity contribution in [2.45, 2.75) is 25.4 Å². The van der Waals surface area contributed by atoms with E-state index in [0.29, 0.717) is 11.4 Å². The van der Waals surface area contributed by atoms with Crippen molar-refractivity contribution in [3.05, 3.63) is 48.0 Å². The maximum Gasteiger partial charge on any atom is 0.124 e. The summed E-state index contributed by atoms with van der Waals surface area (Å²) >= 11 is 5.99. The maximum atomic E-state index is 9.04. The molecular weight excluding hydrogens is 286 g/mol. The molecule has 3 rings (SSSR count). The highest BCUT2D eigenvalue weighted by Crippen LogP contribution is 2.19. The third-order valence-electron chi connectivity index (χ3n) is 3.40. The van der Waals surface area contributed by atoms with Crippen LogP contribution in [0.25, 0.3) is 11.0 Å². The molecule has 0 aliphatic carbocycles. The molecule has 6 heteroatoms. The van der Waals surface area contributed by atoms with Gasteiger partial charge in [-0.3, -0.25) is 4.68 Å². The van der Waals surface area contributed by atoms with E-state index in [9.17, 15) is 0 Å². The summed E-state index contributed by atoms with van der Waals surface area (Å²) in [6, 6.07) is 9.59. The Bertz CT molecular complexity index is 782. The van der Waals surface area contributed by atoms with E-state index in [0.717, 1.165) is 36.4 Å². The number of aryl methyl sites for hydroxylation is 2. The lowest BCUT2D eigenvalue weighted by molar-refractivity contribution is 0.526. The molecule has 2 aromatic heterocycles. The Morgan fingerprint density at radius 1 is 1.29 bits per heavy atom. The molecule has 0 fully saturated rings. The minimum absolute atomic E-state index is 0.359. The highest BCUT2D eigenvalue weighted by molar-refractivity contribution is 6.16. The molecule has 1 aromatic carbocycles. The molecule has 0 atom stereocenters. The first kappa shape index (κ1) is 13.7. The van der Waals surface area contributed by atoms with Gasteiger partial charge in [0, 0.05) is 25.5 Å². The van der Waals surface area contributed by atoms with Crippen molar-refractivity contribution in [2.75, 3.05) is 0 Å². The largest absolute Gasteiger partial charge is 0.327 e. The van der Waals surface area contributed by atoms with Crippen LogP contribution in [0.3, 0.4) is 0 Å². The summed E-state index contributed by atoms with van der Waals surface area (Å²) in [6.45, 7) is 1.64. The molecule has 5 nitrogen and oxygen atoms in total. The quantitative estimate of drug-likeness (QED) is 0.681. The average molecular weight is 300 g/mol. The van der Waals surface area contributed by atoms with Crippen molar-refractivity contribution in [3.63, 3.8) is 0 Å². The second kappa shape index (κ2) is 5.98. The Kier molecular flexibility index (Phi) is 3.89. The summed E-state index contributed by atoms with van der Waals surface area (Å²) in [5.41, 5.74) is 2.48. The first-order chi connectivity index (χ1) is 10.3. The number of nitriles is 1. The number of rotatable bonds is 5. The van der Waals surface area contributed by atoms with E-state index in [2.05, 4.69) is 20.7 Å². The predicted molar refractivity (Wildman–Crippen MR) is 80.8 cm³/mol. The summed E-state index contributed by atoms with van der Waals surface area (Å²) in [5.74, 6) is 1.19. The molecule has 0 aliphatic heterocycles. The fourth-order valence-corrected chi connectivity index (χ4v) is 2.62. The topological polar surface area (TPSA) is 59.4 Å². The van der Waals surface area contributed by atoms with E-state index >= 15 is 0 Å². The van der Waals surface area contributed by atoms with Gasteiger partial charge >= 0.3 is 0 Å². The average Bonchev–Trinajstić information content (AvgIpc) is 3.14. The third-order valence-corrected chi connectivity index (χ3v) is 3.64. The highest BCUT2D eigenvalue weighted by Gasteiger charge is 2.10. The summed E-state index contributed by atoms with van der Waals surface area (Å²) in [5, 5.41) is 13.2. The number of hydrogen-bond donors (Lipinski definition) is 0. The molecule has 0 N–H and O–H groups in total. The van der Waals surface area contributed by atoms with Crippen molar-refractivity contribution in [1.82, 2.24) is 19.3 Å². The van der Waals surface area contributed by atoms with Crippen LogP contribution in [0.1, 0.15) is 17.8 Å². The monoisotopic (exact) mass is 299 g/mol. The Hall–Kier alpha value is -2.32. The number of nitrogens with zero attached hydrogens (tertiary/aromatic N) is 5. The van der Waals surface area contributed by atoms with E-state index in [1.165, 1.54) is 0 Å². The van der Waals surface area contributed by atoms with Gasteiger partial charge in [0.2, 0.25) is 0 Å². The van der Waals surface area contributed by atoms with Gasteiger partial charge in [0.1, 0.15) is 5.82 Å².